The van der Waals surface area contributed by atoms with E-state index >= 15 is 0 Å². The van der Waals surface area contributed by atoms with Gasteiger partial charge in [0.25, 0.3) is 0 Å². The number of amides is 3. The quantitative estimate of drug-likeness (QED) is 0.540. The Morgan fingerprint density at radius 1 is 0.923 bits per heavy atom. The summed E-state index contributed by atoms with van der Waals surface area (Å²) < 4.78 is 43.6. The van der Waals surface area contributed by atoms with Crippen LogP contribution in [-0.2, 0) is 11.2 Å². The number of hydrazine groups is 1. The summed E-state index contributed by atoms with van der Waals surface area (Å²) in [6.07, 6.45) is -0.0280. The van der Waals surface area contributed by atoms with Crippen LogP contribution in [-0.4, -0.2) is 25.1 Å². The molecule has 0 fully saturated rings. The maximum Gasteiger partial charge on any atom is 0.333 e. The third kappa shape index (κ3) is 6.34. The largest absolute Gasteiger partial charge is 0.492 e. The second-order valence-corrected chi connectivity index (χ2v) is 5.16. The zero-order valence-electron chi connectivity index (χ0n) is 13.5. The molecule has 0 aliphatic heterocycles. The van der Waals surface area contributed by atoms with Gasteiger partial charge in [-0.3, -0.25) is 10.2 Å². The van der Waals surface area contributed by atoms with E-state index in [9.17, 15) is 22.8 Å². The van der Waals surface area contributed by atoms with Crippen LogP contribution in [0.15, 0.2) is 42.5 Å². The van der Waals surface area contributed by atoms with E-state index in [0.717, 1.165) is 12.1 Å². The van der Waals surface area contributed by atoms with Crippen LogP contribution in [0.1, 0.15) is 5.56 Å². The number of halogens is 3. The van der Waals surface area contributed by atoms with E-state index in [4.69, 9.17) is 4.74 Å². The van der Waals surface area contributed by atoms with Gasteiger partial charge in [-0.25, -0.2) is 23.4 Å². The molecule has 0 unspecified atom stereocenters. The number of carbonyl (C=O) groups excluding carboxylic acids is 2. The summed E-state index contributed by atoms with van der Waals surface area (Å²) in [6, 6.07) is 7.80. The minimum Gasteiger partial charge on any atom is -0.492 e. The van der Waals surface area contributed by atoms with E-state index in [1.807, 2.05) is 0 Å². The first-order valence-electron chi connectivity index (χ1n) is 7.59. The lowest BCUT2D eigenvalue weighted by Gasteiger charge is -2.10. The Bertz CT molecular complexity index is 770. The standard InChI is InChI=1S/C17H16F3N3O3/c18-12-3-1-11(2-4-12)9-16(24)22-23-17(25)21-7-8-26-13-5-6-14(19)15(20)10-13/h1-6,10H,7-9H2,(H,22,24)(H2,21,23,25). The normalized spacial score (nSPS) is 10.1. The minimum absolute atomic E-state index is 0.0159. The SMILES string of the molecule is O=C(Cc1ccc(F)cc1)NNC(=O)NCCOc1ccc(F)c(F)c1. The van der Waals surface area contributed by atoms with E-state index in [1.54, 1.807) is 0 Å². The van der Waals surface area contributed by atoms with Crippen LogP contribution in [0.3, 0.4) is 0 Å². The minimum atomic E-state index is -1.03. The van der Waals surface area contributed by atoms with Crippen molar-refractivity contribution < 1.29 is 27.5 Å². The molecule has 3 N–H and O–H groups in total. The first kappa shape index (κ1) is 19.1. The molecule has 0 heterocycles. The smallest absolute Gasteiger partial charge is 0.333 e. The average molecular weight is 367 g/mol. The molecule has 0 aromatic heterocycles. The van der Waals surface area contributed by atoms with Crippen LogP contribution in [0.5, 0.6) is 5.75 Å². The lowest BCUT2D eigenvalue weighted by Crippen LogP contribution is -2.48. The summed E-state index contributed by atoms with van der Waals surface area (Å²) in [5.41, 5.74) is 4.92. The number of rotatable bonds is 6. The fourth-order valence-electron chi connectivity index (χ4n) is 1.90. The molecule has 2 aromatic carbocycles. The van der Waals surface area contributed by atoms with Crippen LogP contribution < -0.4 is 20.9 Å². The van der Waals surface area contributed by atoms with Gasteiger partial charge in [-0.1, -0.05) is 12.1 Å². The van der Waals surface area contributed by atoms with Gasteiger partial charge in [-0.15, -0.1) is 0 Å². The van der Waals surface area contributed by atoms with Crippen molar-refractivity contribution in [2.75, 3.05) is 13.2 Å². The zero-order valence-corrected chi connectivity index (χ0v) is 13.5. The van der Waals surface area contributed by atoms with Gasteiger partial charge in [0.05, 0.1) is 13.0 Å². The van der Waals surface area contributed by atoms with Crippen molar-refractivity contribution in [3.05, 3.63) is 65.5 Å². The lowest BCUT2D eigenvalue weighted by molar-refractivity contribution is -0.121. The van der Waals surface area contributed by atoms with Crippen molar-refractivity contribution in [2.24, 2.45) is 0 Å². The van der Waals surface area contributed by atoms with Crippen LogP contribution >= 0.6 is 0 Å². The maximum absolute atomic E-state index is 13.0. The predicted octanol–water partition coefficient (Wildman–Crippen LogP) is 2.06. The number of benzene rings is 2. The topological polar surface area (TPSA) is 79.5 Å². The first-order chi connectivity index (χ1) is 12.4. The molecule has 0 aliphatic carbocycles. The Morgan fingerprint density at radius 2 is 1.65 bits per heavy atom. The van der Waals surface area contributed by atoms with E-state index in [-0.39, 0.29) is 25.3 Å². The summed E-state index contributed by atoms with van der Waals surface area (Å²) in [4.78, 5) is 23.1. The number of hydrogen-bond donors (Lipinski definition) is 3. The molecule has 2 rings (SSSR count). The van der Waals surface area contributed by atoms with Gasteiger partial charge >= 0.3 is 6.03 Å². The van der Waals surface area contributed by atoms with Gasteiger partial charge in [0.15, 0.2) is 11.6 Å². The van der Waals surface area contributed by atoms with Crippen molar-refractivity contribution in [3.63, 3.8) is 0 Å². The van der Waals surface area contributed by atoms with Crippen molar-refractivity contribution in [1.29, 1.82) is 0 Å². The third-order valence-corrected chi connectivity index (χ3v) is 3.14. The molecule has 0 radical (unpaired) electrons. The highest BCUT2D eigenvalue weighted by Crippen LogP contribution is 2.14. The summed E-state index contributed by atoms with van der Waals surface area (Å²) in [7, 11) is 0. The van der Waals surface area contributed by atoms with Gasteiger partial charge in [-0.05, 0) is 29.8 Å². The van der Waals surface area contributed by atoms with Gasteiger partial charge in [0, 0.05) is 6.07 Å². The average Bonchev–Trinajstić information content (AvgIpc) is 2.62. The number of carbonyl (C=O) groups is 2. The first-order valence-corrected chi connectivity index (χ1v) is 7.59. The van der Waals surface area contributed by atoms with Crippen molar-refractivity contribution in [1.82, 2.24) is 16.2 Å². The highest BCUT2D eigenvalue weighted by Gasteiger charge is 2.06. The van der Waals surface area contributed by atoms with Crippen LogP contribution in [0, 0.1) is 17.5 Å². The van der Waals surface area contributed by atoms with Gasteiger partial charge in [0.2, 0.25) is 5.91 Å². The molecule has 0 saturated carbocycles. The Balaban J connectivity index is 1.61. The maximum atomic E-state index is 13.0. The monoisotopic (exact) mass is 367 g/mol. The van der Waals surface area contributed by atoms with Crippen molar-refractivity contribution >= 4 is 11.9 Å². The molecule has 138 valence electrons. The van der Waals surface area contributed by atoms with Gasteiger partial charge in [-0.2, -0.15) is 0 Å². The lowest BCUT2D eigenvalue weighted by atomic mass is 10.1. The number of nitrogens with one attached hydrogen (secondary N) is 3. The molecule has 0 aliphatic rings. The highest BCUT2D eigenvalue weighted by molar-refractivity contribution is 5.82. The van der Waals surface area contributed by atoms with Gasteiger partial charge < -0.3 is 10.1 Å². The van der Waals surface area contributed by atoms with Crippen molar-refractivity contribution in [3.8, 4) is 5.75 Å². The second-order valence-electron chi connectivity index (χ2n) is 5.16. The molecule has 0 atom stereocenters. The molecule has 3 amide bonds. The van der Waals surface area contributed by atoms with E-state index in [2.05, 4.69) is 16.2 Å². The van der Waals surface area contributed by atoms with E-state index in [0.29, 0.717) is 5.56 Å². The number of hydrogen-bond acceptors (Lipinski definition) is 3. The second kappa shape index (κ2) is 9.30. The highest BCUT2D eigenvalue weighted by atomic mass is 19.2. The Hall–Kier alpha value is -3.23. The predicted molar refractivity (Wildman–Crippen MR) is 86.6 cm³/mol. The van der Waals surface area contributed by atoms with Crippen LogP contribution in [0.2, 0.25) is 0 Å². The summed E-state index contributed by atoms with van der Waals surface area (Å²) >= 11 is 0. The zero-order chi connectivity index (χ0) is 18.9. The molecule has 0 bridgehead atoms. The molecular formula is C17H16F3N3O3. The van der Waals surface area contributed by atoms with E-state index in [1.165, 1.54) is 30.3 Å². The molecule has 0 spiro atoms. The number of ether oxygens (including phenoxy) is 1. The van der Waals surface area contributed by atoms with Crippen LogP contribution in [0.4, 0.5) is 18.0 Å². The molecule has 26 heavy (non-hydrogen) atoms. The summed E-state index contributed by atoms with van der Waals surface area (Å²) in [5.74, 6) is -2.77. The fraction of sp³-hybridized carbons (Fsp3) is 0.176. The van der Waals surface area contributed by atoms with Crippen LogP contribution in [0.25, 0.3) is 0 Å². The van der Waals surface area contributed by atoms with E-state index < -0.39 is 29.4 Å². The Morgan fingerprint density at radius 3 is 2.35 bits per heavy atom. The third-order valence-electron chi connectivity index (χ3n) is 3.14. The van der Waals surface area contributed by atoms with Gasteiger partial charge in [0.1, 0.15) is 18.2 Å². The molecule has 0 saturated heterocycles. The van der Waals surface area contributed by atoms with Crippen molar-refractivity contribution in [2.45, 2.75) is 6.42 Å². The Labute approximate surface area is 147 Å². The molecule has 2 aromatic rings. The number of urea groups is 1. The summed E-state index contributed by atoms with van der Waals surface area (Å²) in [5, 5.41) is 2.40. The Kier molecular flexibility index (Phi) is 6.84. The summed E-state index contributed by atoms with van der Waals surface area (Å²) in [6.45, 7) is 0.0840. The molecule has 9 heteroatoms. The fourth-order valence-corrected chi connectivity index (χ4v) is 1.90. The molecule has 6 nitrogen and oxygen atoms in total. The molecular weight excluding hydrogens is 351 g/mol.